The van der Waals surface area contributed by atoms with Crippen molar-refractivity contribution in [3.63, 3.8) is 0 Å². The van der Waals surface area contributed by atoms with E-state index in [0.29, 0.717) is 11.3 Å². The van der Waals surface area contributed by atoms with Crippen molar-refractivity contribution in [3.8, 4) is 0 Å². The molecule has 4 rings (SSSR count). The van der Waals surface area contributed by atoms with Crippen molar-refractivity contribution in [1.82, 2.24) is 4.72 Å². The summed E-state index contributed by atoms with van der Waals surface area (Å²) in [4.78, 5) is 12.2. The third-order valence-corrected chi connectivity index (χ3v) is 9.03. The number of amides is 1. The van der Waals surface area contributed by atoms with Crippen LogP contribution < -0.4 is 15.2 Å². The molecule has 0 fully saturated rings. The zero-order chi connectivity index (χ0) is 25.9. The Hall–Kier alpha value is -3.00. The topological polar surface area (TPSA) is 135 Å². The molecule has 0 spiro atoms. The predicted octanol–water partition coefficient (Wildman–Crippen LogP) is 3.62. The van der Waals surface area contributed by atoms with Gasteiger partial charge in [0, 0.05) is 9.26 Å². The van der Waals surface area contributed by atoms with Gasteiger partial charge in [0.15, 0.2) is 0 Å². The van der Waals surface area contributed by atoms with E-state index >= 15 is 0 Å². The highest BCUT2D eigenvalue weighted by molar-refractivity contribution is 14.1. The van der Waals surface area contributed by atoms with Crippen molar-refractivity contribution >= 4 is 65.0 Å². The van der Waals surface area contributed by atoms with E-state index in [2.05, 4.69) is 32.0 Å². The van der Waals surface area contributed by atoms with Crippen LogP contribution in [0.4, 0.5) is 5.69 Å². The number of primary amides is 1. The fraction of sp³-hybridized carbons (Fsp3) is 0.0800. The summed E-state index contributed by atoms with van der Waals surface area (Å²) in [6.07, 6.45) is -0.00764. The van der Waals surface area contributed by atoms with Crippen LogP contribution in [0, 0.1) is 3.57 Å². The van der Waals surface area contributed by atoms with E-state index < -0.39 is 32.0 Å². The molecule has 8 nitrogen and oxygen atoms in total. The van der Waals surface area contributed by atoms with Crippen molar-refractivity contribution < 1.29 is 21.6 Å². The third-order valence-electron chi connectivity index (χ3n) is 5.44. The van der Waals surface area contributed by atoms with Gasteiger partial charge in [0.2, 0.25) is 15.9 Å². The van der Waals surface area contributed by atoms with Crippen LogP contribution in [0.25, 0.3) is 10.8 Å². The molecule has 0 saturated heterocycles. The minimum atomic E-state index is -4.03. The van der Waals surface area contributed by atoms with E-state index in [-0.39, 0.29) is 16.2 Å². The Kier molecular flexibility index (Phi) is 7.64. The first-order valence-corrected chi connectivity index (χ1v) is 14.8. The number of fused-ring (bicyclic) bond motifs is 1. The number of benzene rings is 4. The second kappa shape index (κ2) is 10.5. The SMILES string of the molecule is NC(=O)C(Cc1ccc(NS(=O)(=O)c2ccc(I)cc2)cc1)NS(=O)(=O)c1ccc2ccccc2c1. The van der Waals surface area contributed by atoms with Gasteiger partial charge in [-0.05, 0) is 93.9 Å². The van der Waals surface area contributed by atoms with Crippen LogP contribution in [0.5, 0.6) is 0 Å². The van der Waals surface area contributed by atoms with Crippen LogP contribution in [0.2, 0.25) is 0 Å². The fourth-order valence-corrected chi connectivity index (χ4v) is 6.22. The van der Waals surface area contributed by atoms with E-state index in [4.69, 9.17) is 5.73 Å². The number of hydrogen-bond acceptors (Lipinski definition) is 5. The van der Waals surface area contributed by atoms with Crippen molar-refractivity contribution in [3.05, 3.63) is 100 Å². The van der Waals surface area contributed by atoms with Crippen LogP contribution in [0.1, 0.15) is 5.56 Å². The van der Waals surface area contributed by atoms with Gasteiger partial charge in [0.25, 0.3) is 10.0 Å². The van der Waals surface area contributed by atoms with Crippen molar-refractivity contribution in [2.45, 2.75) is 22.3 Å². The number of carbonyl (C=O) groups is 1. The molecule has 36 heavy (non-hydrogen) atoms. The molecule has 0 aromatic heterocycles. The number of hydrogen-bond donors (Lipinski definition) is 3. The predicted molar refractivity (Wildman–Crippen MR) is 147 cm³/mol. The largest absolute Gasteiger partial charge is 0.368 e. The first-order chi connectivity index (χ1) is 17.0. The van der Waals surface area contributed by atoms with Crippen molar-refractivity contribution in [2.75, 3.05) is 4.72 Å². The first-order valence-electron chi connectivity index (χ1n) is 10.7. The molecule has 0 aliphatic rings. The molecule has 186 valence electrons. The molecule has 0 saturated carbocycles. The summed E-state index contributed by atoms with van der Waals surface area (Å²) in [6, 6.07) is 23.5. The number of nitrogens with one attached hydrogen (secondary N) is 2. The Morgan fingerprint density at radius 1 is 0.778 bits per heavy atom. The lowest BCUT2D eigenvalue weighted by molar-refractivity contribution is -0.119. The number of sulfonamides is 2. The van der Waals surface area contributed by atoms with Gasteiger partial charge in [0.1, 0.15) is 6.04 Å². The van der Waals surface area contributed by atoms with Crippen LogP contribution in [0.15, 0.2) is 101 Å². The summed E-state index contributed by atoms with van der Waals surface area (Å²) in [5.74, 6) is -0.831. The highest BCUT2D eigenvalue weighted by atomic mass is 127. The molecule has 4 aromatic carbocycles. The van der Waals surface area contributed by atoms with Crippen LogP contribution in [-0.2, 0) is 31.3 Å². The average molecular weight is 636 g/mol. The van der Waals surface area contributed by atoms with Gasteiger partial charge < -0.3 is 5.73 Å². The van der Waals surface area contributed by atoms with Gasteiger partial charge in [0.05, 0.1) is 9.79 Å². The van der Waals surface area contributed by atoms with E-state index in [0.717, 1.165) is 14.3 Å². The number of rotatable bonds is 9. The summed E-state index contributed by atoms with van der Waals surface area (Å²) >= 11 is 2.09. The van der Waals surface area contributed by atoms with Gasteiger partial charge in [-0.15, -0.1) is 0 Å². The van der Waals surface area contributed by atoms with Gasteiger partial charge in [-0.25, -0.2) is 16.8 Å². The average Bonchev–Trinajstić information content (AvgIpc) is 2.84. The van der Waals surface area contributed by atoms with Gasteiger partial charge in [-0.1, -0.05) is 42.5 Å². The lowest BCUT2D eigenvalue weighted by atomic mass is 10.1. The normalized spacial score (nSPS) is 12.8. The summed E-state index contributed by atoms with van der Waals surface area (Å²) in [5, 5.41) is 1.64. The maximum absolute atomic E-state index is 13.0. The molecule has 0 aliphatic heterocycles. The van der Waals surface area contributed by atoms with Crippen LogP contribution in [-0.4, -0.2) is 28.8 Å². The molecule has 4 aromatic rings. The minimum absolute atomic E-state index is 0.00764. The summed E-state index contributed by atoms with van der Waals surface area (Å²) in [5.41, 5.74) is 6.41. The highest BCUT2D eigenvalue weighted by Crippen LogP contribution is 2.21. The van der Waals surface area contributed by atoms with E-state index in [1.807, 2.05) is 18.2 Å². The van der Waals surface area contributed by atoms with E-state index in [9.17, 15) is 21.6 Å². The number of anilines is 1. The van der Waals surface area contributed by atoms with E-state index in [1.54, 1.807) is 36.4 Å². The fourth-order valence-electron chi connectivity index (χ4n) is 3.56. The molecule has 4 N–H and O–H groups in total. The maximum atomic E-state index is 13.0. The van der Waals surface area contributed by atoms with Crippen molar-refractivity contribution in [2.24, 2.45) is 5.73 Å². The Bertz CT molecular complexity index is 1620. The maximum Gasteiger partial charge on any atom is 0.261 e. The molecule has 0 bridgehead atoms. The standard InChI is InChI=1S/C25H22IN3O5S2/c26-20-8-13-22(14-9-20)35(31,32)28-21-10-5-17(6-11-21)15-24(25(27)30)29-36(33,34)23-12-7-18-3-1-2-4-19(18)16-23/h1-14,16,24,28-29H,15H2,(H2,27,30). The molecule has 1 unspecified atom stereocenters. The third kappa shape index (κ3) is 6.22. The molecule has 11 heteroatoms. The Morgan fingerprint density at radius 3 is 2.03 bits per heavy atom. The molecule has 1 atom stereocenters. The monoisotopic (exact) mass is 635 g/mol. The van der Waals surface area contributed by atoms with Gasteiger partial charge in [-0.2, -0.15) is 4.72 Å². The zero-order valence-electron chi connectivity index (χ0n) is 18.8. The Morgan fingerprint density at radius 2 is 1.39 bits per heavy atom. The zero-order valence-corrected chi connectivity index (χ0v) is 22.5. The highest BCUT2D eigenvalue weighted by Gasteiger charge is 2.25. The minimum Gasteiger partial charge on any atom is -0.368 e. The Balaban J connectivity index is 1.48. The van der Waals surface area contributed by atoms with E-state index in [1.165, 1.54) is 36.4 Å². The van der Waals surface area contributed by atoms with Crippen molar-refractivity contribution in [1.29, 1.82) is 0 Å². The molecule has 0 radical (unpaired) electrons. The Labute approximate surface area is 223 Å². The van der Waals surface area contributed by atoms with Gasteiger partial charge >= 0.3 is 0 Å². The number of halogens is 1. The smallest absolute Gasteiger partial charge is 0.261 e. The summed E-state index contributed by atoms with van der Waals surface area (Å²) < 4.78 is 56.9. The molecule has 1 amide bonds. The second-order valence-corrected chi connectivity index (χ2v) is 12.7. The lowest BCUT2D eigenvalue weighted by Gasteiger charge is -2.16. The molecular weight excluding hydrogens is 613 g/mol. The molecule has 0 heterocycles. The van der Waals surface area contributed by atoms with Gasteiger partial charge in [-0.3, -0.25) is 9.52 Å². The molecule has 0 aliphatic carbocycles. The van der Waals surface area contributed by atoms with Crippen LogP contribution in [0.3, 0.4) is 0 Å². The number of carbonyl (C=O) groups excluding carboxylic acids is 1. The quantitative estimate of drug-likeness (QED) is 0.242. The second-order valence-electron chi connectivity index (χ2n) is 8.05. The number of nitrogens with two attached hydrogens (primary N) is 1. The lowest BCUT2D eigenvalue weighted by Crippen LogP contribution is -2.45. The summed E-state index contributed by atoms with van der Waals surface area (Å²) in [7, 11) is -7.79. The summed E-state index contributed by atoms with van der Waals surface area (Å²) in [6.45, 7) is 0. The molecular formula is C25H22IN3O5S2. The van der Waals surface area contributed by atoms with Crippen LogP contribution >= 0.6 is 22.6 Å². The first kappa shape index (κ1) is 26.1.